The minimum Gasteiger partial charge on any atom is -0.381 e. The second-order valence-corrected chi connectivity index (χ2v) is 6.95. The lowest BCUT2D eigenvalue weighted by Gasteiger charge is -2.40. The Morgan fingerprint density at radius 2 is 2.06 bits per heavy atom. The number of hydrogen-bond donors (Lipinski definition) is 1. The van der Waals surface area contributed by atoms with Gasteiger partial charge in [0.25, 0.3) is 0 Å². The van der Waals surface area contributed by atoms with Gasteiger partial charge in [-0.25, -0.2) is 0 Å². The molecule has 1 aromatic carbocycles. The number of anilines is 1. The van der Waals surface area contributed by atoms with Crippen molar-refractivity contribution in [3.63, 3.8) is 0 Å². The lowest BCUT2D eigenvalue weighted by Crippen LogP contribution is -2.36. The van der Waals surface area contributed by atoms with E-state index in [9.17, 15) is 0 Å². The van der Waals surface area contributed by atoms with Gasteiger partial charge in [-0.2, -0.15) is 0 Å². The van der Waals surface area contributed by atoms with Crippen LogP contribution >= 0.6 is 11.6 Å². The lowest BCUT2D eigenvalue weighted by molar-refractivity contribution is 0.177. The third kappa shape index (κ3) is 3.00. The Kier molecular flexibility index (Phi) is 3.91. The van der Waals surface area contributed by atoms with E-state index < -0.39 is 0 Å². The summed E-state index contributed by atoms with van der Waals surface area (Å²) in [6.07, 6.45) is 3.81. The van der Waals surface area contributed by atoms with Crippen LogP contribution in [-0.2, 0) is 0 Å². The van der Waals surface area contributed by atoms with Crippen molar-refractivity contribution in [3.8, 4) is 0 Å². The average molecular weight is 266 g/mol. The Labute approximate surface area is 116 Å². The van der Waals surface area contributed by atoms with E-state index in [1.54, 1.807) is 0 Å². The number of nitrogens with one attached hydrogen (secondary N) is 1. The molecule has 2 unspecified atom stereocenters. The maximum atomic E-state index is 6.35. The molecule has 1 nitrogen and oxygen atoms in total. The third-order valence-electron chi connectivity index (χ3n) is 4.23. The van der Waals surface area contributed by atoms with E-state index in [2.05, 4.69) is 51.2 Å². The first kappa shape index (κ1) is 13.7. The normalized spacial score (nSPS) is 26.9. The molecular weight excluding hydrogens is 242 g/mol. The van der Waals surface area contributed by atoms with Gasteiger partial charge < -0.3 is 5.32 Å². The van der Waals surface area contributed by atoms with E-state index >= 15 is 0 Å². The van der Waals surface area contributed by atoms with Gasteiger partial charge in [0.1, 0.15) is 0 Å². The van der Waals surface area contributed by atoms with Crippen molar-refractivity contribution >= 4 is 17.3 Å². The molecule has 2 atom stereocenters. The topological polar surface area (TPSA) is 12.0 Å². The van der Waals surface area contributed by atoms with Crippen molar-refractivity contribution in [2.45, 2.75) is 53.0 Å². The molecule has 0 aromatic heterocycles. The van der Waals surface area contributed by atoms with Gasteiger partial charge in [-0.05, 0) is 49.1 Å². The zero-order chi connectivity index (χ0) is 13.3. The summed E-state index contributed by atoms with van der Waals surface area (Å²) in [5.41, 5.74) is 2.73. The second kappa shape index (κ2) is 5.13. The highest BCUT2D eigenvalue weighted by atomic mass is 35.5. The summed E-state index contributed by atoms with van der Waals surface area (Å²) in [6, 6.07) is 6.77. The van der Waals surface area contributed by atoms with Crippen LogP contribution in [0.4, 0.5) is 5.69 Å². The molecule has 0 radical (unpaired) electrons. The molecule has 0 bridgehead atoms. The van der Waals surface area contributed by atoms with Gasteiger partial charge in [-0.1, -0.05) is 44.5 Å². The van der Waals surface area contributed by atoms with Crippen LogP contribution in [0.25, 0.3) is 0 Å². The standard InChI is InChI=1S/C16H24ClN/c1-11-6-5-7-14(15(11)17)18-13-8-9-16(3,4)10-12(13)2/h5-7,12-13,18H,8-10H2,1-4H3. The molecule has 1 saturated carbocycles. The average Bonchev–Trinajstić information content (AvgIpc) is 2.27. The first-order chi connectivity index (χ1) is 8.39. The van der Waals surface area contributed by atoms with Crippen LogP contribution in [0.3, 0.4) is 0 Å². The number of hydrogen-bond acceptors (Lipinski definition) is 1. The smallest absolute Gasteiger partial charge is 0.0666 e. The SMILES string of the molecule is Cc1cccc(NC2CCC(C)(C)CC2C)c1Cl. The Morgan fingerprint density at radius 1 is 1.33 bits per heavy atom. The largest absolute Gasteiger partial charge is 0.381 e. The van der Waals surface area contributed by atoms with E-state index in [1.165, 1.54) is 19.3 Å². The molecule has 1 aromatic rings. The summed E-state index contributed by atoms with van der Waals surface area (Å²) in [6.45, 7) is 9.15. The summed E-state index contributed by atoms with van der Waals surface area (Å²) in [5, 5.41) is 4.52. The van der Waals surface area contributed by atoms with Crippen molar-refractivity contribution in [2.24, 2.45) is 11.3 Å². The van der Waals surface area contributed by atoms with Gasteiger partial charge in [-0.3, -0.25) is 0 Å². The predicted molar refractivity (Wildman–Crippen MR) is 80.4 cm³/mol. The lowest BCUT2D eigenvalue weighted by atomic mass is 9.70. The summed E-state index contributed by atoms with van der Waals surface area (Å²) in [5.74, 6) is 0.699. The van der Waals surface area contributed by atoms with Crippen LogP contribution in [0.2, 0.25) is 5.02 Å². The molecule has 1 aliphatic carbocycles. The van der Waals surface area contributed by atoms with Crippen LogP contribution in [0.1, 0.15) is 45.6 Å². The van der Waals surface area contributed by atoms with Gasteiger partial charge in [0.2, 0.25) is 0 Å². The van der Waals surface area contributed by atoms with E-state index in [0.717, 1.165) is 16.3 Å². The van der Waals surface area contributed by atoms with E-state index in [4.69, 9.17) is 11.6 Å². The van der Waals surface area contributed by atoms with Gasteiger partial charge in [0.05, 0.1) is 10.7 Å². The van der Waals surface area contributed by atoms with E-state index in [0.29, 0.717) is 17.4 Å². The number of rotatable bonds is 2. The zero-order valence-electron chi connectivity index (χ0n) is 11.9. The molecule has 2 rings (SSSR count). The highest BCUT2D eigenvalue weighted by Gasteiger charge is 2.32. The maximum Gasteiger partial charge on any atom is 0.0666 e. The molecule has 1 aliphatic rings. The van der Waals surface area contributed by atoms with Crippen LogP contribution < -0.4 is 5.32 Å². The zero-order valence-corrected chi connectivity index (χ0v) is 12.6. The first-order valence-electron chi connectivity index (χ1n) is 6.91. The first-order valence-corrected chi connectivity index (χ1v) is 7.28. The summed E-state index contributed by atoms with van der Waals surface area (Å²) < 4.78 is 0. The van der Waals surface area contributed by atoms with Gasteiger partial charge in [-0.15, -0.1) is 0 Å². The van der Waals surface area contributed by atoms with E-state index in [1.807, 2.05) is 0 Å². The summed E-state index contributed by atoms with van der Waals surface area (Å²) >= 11 is 6.35. The van der Waals surface area contributed by atoms with Crippen molar-refractivity contribution in [1.29, 1.82) is 0 Å². The van der Waals surface area contributed by atoms with Crippen LogP contribution in [0, 0.1) is 18.3 Å². The predicted octanol–water partition coefficient (Wildman–Crippen LogP) is 5.28. The monoisotopic (exact) mass is 265 g/mol. The Balaban J connectivity index is 2.08. The fourth-order valence-corrected chi connectivity index (χ4v) is 3.30. The molecule has 0 aliphatic heterocycles. The fraction of sp³-hybridized carbons (Fsp3) is 0.625. The fourth-order valence-electron chi connectivity index (χ4n) is 3.12. The van der Waals surface area contributed by atoms with Crippen molar-refractivity contribution in [1.82, 2.24) is 0 Å². The third-order valence-corrected chi connectivity index (χ3v) is 4.73. The second-order valence-electron chi connectivity index (χ2n) is 6.57. The Morgan fingerprint density at radius 3 is 2.72 bits per heavy atom. The molecule has 1 fully saturated rings. The molecule has 0 saturated heterocycles. The van der Waals surface area contributed by atoms with Crippen molar-refractivity contribution in [3.05, 3.63) is 28.8 Å². The minimum atomic E-state index is 0.494. The molecule has 1 N–H and O–H groups in total. The van der Waals surface area contributed by atoms with E-state index in [-0.39, 0.29) is 0 Å². The molecule has 0 amide bonds. The molecule has 0 heterocycles. The van der Waals surface area contributed by atoms with Crippen molar-refractivity contribution < 1.29 is 0 Å². The Hall–Kier alpha value is -0.690. The highest BCUT2D eigenvalue weighted by Crippen LogP contribution is 2.40. The number of benzene rings is 1. The van der Waals surface area contributed by atoms with Crippen molar-refractivity contribution in [2.75, 3.05) is 5.32 Å². The highest BCUT2D eigenvalue weighted by molar-refractivity contribution is 6.34. The molecule has 2 heteroatoms. The number of aryl methyl sites for hydroxylation is 1. The number of halogens is 1. The quantitative estimate of drug-likeness (QED) is 0.768. The van der Waals surface area contributed by atoms with Gasteiger partial charge >= 0.3 is 0 Å². The van der Waals surface area contributed by atoms with Crippen LogP contribution in [-0.4, -0.2) is 6.04 Å². The van der Waals surface area contributed by atoms with Crippen LogP contribution in [0.15, 0.2) is 18.2 Å². The minimum absolute atomic E-state index is 0.494. The maximum absolute atomic E-state index is 6.35. The molecule has 18 heavy (non-hydrogen) atoms. The Bertz CT molecular complexity index is 425. The summed E-state index contributed by atoms with van der Waals surface area (Å²) in [7, 11) is 0. The molecular formula is C16H24ClN. The van der Waals surface area contributed by atoms with Gasteiger partial charge in [0, 0.05) is 6.04 Å². The molecule has 100 valence electrons. The summed E-state index contributed by atoms with van der Waals surface area (Å²) in [4.78, 5) is 0. The van der Waals surface area contributed by atoms with Crippen LogP contribution in [0.5, 0.6) is 0 Å². The molecule has 0 spiro atoms. The van der Waals surface area contributed by atoms with Gasteiger partial charge in [0.15, 0.2) is 0 Å².